The summed E-state index contributed by atoms with van der Waals surface area (Å²) in [7, 11) is 0. The van der Waals surface area contributed by atoms with Crippen molar-refractivity contribution < 1.29 is 37.3 Å². The molecule has 0 bridgehead atoms. The third-order valence-corrected chi connectivity index (χ3v) is 7.60. The first-order valence-electron chi connectivity index (χ1n) is 15.0. The number of aromatic amines is 1. The van der Waals surface area contributed by atoms with Crippen molar-refractivity contribution in [3.05, 3.63) is 113 Å². The number of aryl methyl sites for hydroxylation is 1. The Bertz CT molecular complexity index is 2220. The van der Waals surface area contributed by atoms with Crippen LogP contribution in [0.25, 0.3) is 22.0 Å². The molecule has 6 N–H and O–H groups in total. The van der Waals surface area contributed by atoms with Crippen LogP contribution in [-0.4, -0.2) is 43.2 Å². The van der Waals surface area contributed by atoms with E-state index in [2.05, 4.69) is 35.3 Å². The van der Waals surface area contributed by atoms with Crippen molar-refractivity contribution in [3.8, 4) is 34.5 Å². The Labute approximate surface area is 282 Å². The minimum Gasteiger partial charge on any atom is -0.495 e. The molecular weight excluding hydrogens is 655 g/mol. The number of nitrogens with two attached hydrogens (primary N) is 1. The van der Waals surface area contributed by atoms with Gasteiger partial charge in [0, 0.05) is 71.2 Å². The van der Waals surface area contributed by atoms with Gasteiger partial charge in [0.05, 0.1) is 0 Å². The minimum atomic E-state index is -5.06. The number of halogens is 3. The third-order valence-electron chi connectivity index (χ3n) is 7.60. The van der Waals surface area contributed by atoms with E-state index >= 15 is 0 Å². The molecule has 0 aliphatic rings. The lowest BCUT2D eigenvalue weighted by atomic mass is 9.94. The molecule has 0 unspecified atom stereocenters. The van der Waals surface area contributed by atoms with Gasteiger partial charge in [0.1, 0.15) is 17.2 Å². The largest absolute Gasteiger partial charge is 0.573 e. The number of amides is 2. The zero-order valence-corrected chi connectivity index (χ0v) is 26.4. The van der Waals surface area contributed by atoms with Crippen LogP contribution in [0.4, 0.5) is 24.5 Å². The summed E-state index contributed by atoms with van der Waals surface area (Å²) >= 11 is 0. The van der Waals surface area contributed by atoms with Crippen molar-refractivity contribution in [3.63, 3.8) is 0 Å². The number of carbonyl (C=O) groups excluding carboxylic acids is 2. The molecule has 2 amide bonds. The molecule has 0 saturated heterocycles. The third kappa shape index (κ3) is 7.47. The van der Waals surface area contributed by atoms with E-state index in [4.69, 9.17) is 10.5 Å². The summed E-state index contributed by atoms with van der Waals surface area (Å²) in [6.45, 7) is 3.43. The molecule has 3 aromatic heterocycles. The van der Waals surface area contributed by atoms with Crippen LogP contribution in [0.5, 0.6) is 23.4 Å². The van der Waals surface area contributed by atoms with Crippen molar-refractivity contribution in [1.29, 1.82) is 0 Å². The molecule has 15 heteroatoms. The number of hydrogen-bond donors (Lipinski definition) is 5. The summed E-state index contributed by atoms with van der Waals surface area (Å²) in [4.78, 5) is 41.7. The van der Waals surface area contributed by atoms with Gasteiger partial charge in [-0.1, -0.05) is 12.1 Å². The van der Waals surface area contributed by atoms with Gasteiger partial charge < -0.3 is 35.9 Å². The van der Waals surface area contributed by atoms with Crippen molar-refractivity contribution in [1.82, 2.24) is 19.9 Å². The Hall–Kier alpha value is -6.48. The monoisotopic (exact) mass is 683 g/mol. The topological polar surface area (TPSA) is 177 Å². The van der Waals surface area contributed by atoms with Gasteiger partial charge in [0.15, 0.2) is 5.88 Å². The number of carbonyl (C=O) groups is 2. The second kappa shape index (κ2) is 13.6. The molecule has 50 heavy (non-hydrogen) atoms. The SMILES string of the molecule is Cc1ccc(NC(=O)c2cc(-c3cc(NC(=O)c4ccc(CN)cn4)cc(OC(F)(F)F)c3C)c3cc(O)[nH]c3c2)cc1Oc1ncccn1. The average molecular weight is 684 g/mol. The number of rotatable bonds is 9. The summed E-state index contributed by atoms with van der Waals surface area (Å²) in [5.74, 6) is -1.71. The van der Waals surface area contributed by atoms with Gasteiger partial charge in [-0.2, -0.15) is 0 Å². The fourth-order valence-corrected chi connectivity index (χ4v) is 5.15. The van der Waals surface area contributed by atoms with Gasteiger partial charge >= 0.3 is 12.4 Å². The maximum Gasteiger partial charge on any atom is 0.573 e. The van der Waals surface area contributed by atoms with E-state index in [1.807, 2.05) is 6.92 Å². The van der Waals surface area contributed by atoms with E-state index in [0.717, 1.165) is 11.6 Å². The number of aromatic nitrogens is 4. The predicted octanol–water partition coefficient (Wildman–Crippen LogP) is 7.00. The maximum absolute atomic E-state index is 13.7. The fourth-order valence-electron chi connectivity index (χ4n) is 5.15. The smallest absolute Gasteiger partial charge is 0.495 e. The highest BCUT2D eigenvalue weighted by Crippen LogP contribution is 2.41. The Balaban J connectivity index is 1.39. The molecule has 3 heterocycles. The lowest BCUT2D eigenvalue weighted by Gasteiger charge is -2.18. The molecule has 0 aliphatic carbocycles. The molecule has 0 aliphatic heterocycles. The normalized spacial score (nSPS) is 11.3. The highest BCUT2D eigenvalue weighted by molar-refractivity contribution is 6.10. The van der Waals surface area contributed by atoms with Crippen molar-refractivity contribution >= 4 is 34.1 Å². The number of fused-ring (bicyclic) bond motifs is 1. The number of aromatic hydroxyl groups is 1. The maximum atomic E-state index is 13.7. The van der Waals surface area contributed by atoms with E-state index in [9.17, 15) is 27.9 Å². The number of ether oxygens (including phenoxy) is 2. The number of anilines is 2. The molecule has 6 rings (SSSR count). The molecular formula is C35H28F3N7O5. The lowest BCUT2D eigenvalue weighted by Crippen LogP contribution is -2.19. The summed E-state index contributed by atoms with van der Waals surface area (Å²) in [6.07, 6.45) is -0.590. The van der Waals surface area contributed by atoms with E-state index in [1.165, 1.54) is 55.8 Å². The van der Waals surface area contributed by atoms with Gasteiger partial charge in [-0.3, -0.25) is 14.6 Å². The molecule has 0 fully saturated rings. The number of H-pyrrole nitrogens is 1. The first-order valence-corrected chi connectivity index (χ1v) is 15.0. The molecule has 0 spiro atoms. The average Bonchev–Trinajstić information content (AvgIpc) is 3.47. The highest BCUT2D eigenvalue weighted by Gasteiger charge is 2.33. The van der Waals surface area contributed by atoms with E-state index in [-0.39, 0.29) is 52.1 Å². The molecule has 254 valence electrons. The van der Waals surface area contributed by atoms with E-state index < -0.39 is 23.9 Å². The zero-order valence-electron chi connectivity index (χ0n) is 26.4. The van der Waals surface area contributed by atoms with Crippen LogP contribution in [-0.2, 0) is 6.54 Å². The summed E-state index contributed by atoms with van der Waals surface area (Å²) < 4.78 is 50.8. The van der Waals surface area contributed by atoms with Gasteiger partial charge in [-0.15, -0.1) is 13.2 Å². The second-order valence-electron chi connectivity index (χ2n) is 11.1. The number of nitrogens with zero attached hydrogens (tertiary/aromatic N) is 3. The predicted molar refractivity (Wildman–Crippen MR) is 178 cm³/mol. The van der Waals surface area contributed by atoms with Crippen LogP contribution in [0.2, 0.25) is 0 Å². The van der Waals surface area contributed by atoms with E-state index in [1.54, 1.807) is 30.3 Å². The van der Waals surface area contributed by atoms with Gasteiger partial charge in [-0.25, -0.2) is 9.97 Å². The number of pyridine rings is 1. The number of nitrogens with one attached hydrogen (secondary N) is 3. The molecule has 6 aromatic rings. The molecule has 12 nitrogen and oxygen atoms in total. The van der Waals surface area contributed by atoms with Gasteiger partial charge in [0.2, 0.25) is 0 Å². The fraction of sp³-hybridized carbons (Fsp3) is 0.114. The van der Waals surface area contributed by atoms with Crippen molar-refractivity contribution in [2.45, 2.75) is 26.8 Å². The van der Waals surface area contributed by atoms with Crippen molar-refractivity contribution in [2.75, 3.05) is 10.6 Å². The summed E-state index contributed by atoms with van der Waals surface area (Å²) in [5, 5.41) is 16.1. The molecule has 0 atom stereocenters. The van der Waals surface area contributed by atoms with Crippen LogP contribution >= 0.6 is 0 Å². The van der Waals surface area contributed by atoms with Crippen LogP contribution in [0, 0.1) is 13.8 Å². The Kier molecular flexibility index (Phi) is 9.06. The zero-order chi connectivity index (χ0) is 35.6. The number of alkyl halides is 3. The van der Waals surface area contributed by atoms with Crippen LogP contribution in [0.3, 0.4) is 0 Å². The minimum absolute atomic E-state index is 0.000174. The molecule has 0 saturated carbocycles. The van der Waals surface area contributed by atoms with Gasteiger partial charge in [-0.05, 0) is 78.1 Å². The first-order chi connectivity index (χ1) is 23.9. The Morgan fingerprint density at radius 3 is 2.32 bits per heavy atom. The van der Waals surface area contributed by atoms with Crippen molar-refractivity contribution in [2.24, 2.45) is 5.73 Å². The lowest BCUT2D eigenvalue weighted by molar-refractivity contribution is -0.274. The second-order valence-corrected chi connectivity index (χ2v) is 11.1. The first kappa shape index (κ1) is 33.4. The van der Waals surface area contributed by atoms with E-state index in [0.29, 0.717) is 27.9 Å². The van der Waals surface area contributed by atoms with Gasteiger partial charge in [0.25, 0.3) is 11.8 Å². The van der Waals surface area contributed by atoms with Crippen LogP contribution in [0.1, 0.15) is 37.5 Å². The molecule has 3 aromatic carbocycles. The Morgan fingerprint density at radius 2 is 1.62 bits per heavy atom. The summed E-state index contributed by atoms with van der Waals surface area (Å²) in [6, 6.07) is 16.6. The number of benzene rings is 3. The van der Waals surface area contributed by atoms with Crippen LogP contribution < -0.4 is 25.8 Å². The van der Waals surface area contributed by atoms with Crippen LogP contribution in [0.15, 0.2) is 85.3 Å². The quantitative estimate of drug-likeness (QED) is 0.107. The number of hydrogen-bond acceptors (Lipinski definition) is 9. The Morgan fingerprint density at radius 1 is 0.880 bits per heavy atom. The highest BCUT2D eigenvalue weighted by atomic mass is 19.4. The standard InChI is InChI=1S/C35H28F3N7O5/c1-18-4-6-22(13-29(18)49-34-40-8-3-9-41-34)43-32(47)21-10-25(26-15-31(46)45-28(26)11-21)24-12-23(14-30(19(24)2)50-35(36,37)38)44-33(48)27-7-5-20(16-39)17-42-27/h3-15,17,45-46H,16,39H2,1-2H3,(H,43,47)(H,44,48). The molecule has 0 radical (unpaired) electrons. The summed E-state index contributed by atoms with van der Waals surface area (Å²) in [5.41, 5.74) is 8.27.